The van der Waals surface area contributed by atoms with Gasteiger partial charge in [0.05, 0.1) is 11.7 Å². The van der Waals surface area contributed by atoms with Crippen LogP contribution >= 0.6 is 0 Å². The standard InChI is InChI=1S/C20H30N2O4S/c1-2-27(24,25)22-12-6-7-17(15-22)19(23)21-16-20(10-13-26-14-11-20)18-8-4-3-5-9-18/h3-5,8-9,17H,2,6-7,10-16H2,1H3,(H,21,23). The molecule has 3 rings (SSSR count). The molecule has 1 N–H and O–H groups in total. The molecule has 1 amide bonds. The number of amides is 1. The molecule has 6 nitrogen and oxygen atoms in total. The highest BCUT2D eigenvalue weighted by Gasteiger charge is 2.36. The quantitative estimate of drug-likeness (QED) is 0.800. The van der Waals surface area contributed by atoms with E-state index >= 15 is 0 Å². The first-order valence-electron chi connectivity index (χ1n) is 9.86. The number of hydrogen-bond acceptors (Lipinski definition) is 4. The molecule has 0 saturated carbocycles. The summed E-state index contributed by atoms with van der Waals surface area (Å²) in [5.41, 5.74) is 1.12. The van der Waals surface area contributed by atoms with Crippen LogP contribution in [0.25, 0.3) is 0 Å². The lowest BCUT2D eigenvalue weighted by molar-refractivity contribution is -0.126. The fraction of sp³-hybridized carbons (Fsp3) is 0.650. The van der Waals surface area contributed by atoms with E-state index in [1.54, 1.807) is 6.92 Å². The second kappa shape index (κ2) is 8.71. The Morgan fingerprint density at radius 3 is 2.63 bits per heavy atom. The molecule has 2 fully saturated rings. The van der Waals surface area contributed by atoms with E-state index in [-0.39, 0.29) is 23.0 Å². The molecule has 2 heterocycles. The Kier molecular flexibility index (Phi) is 6.55. The van der Waals surface area contributed by atoms with Gasteiger partial charge in [0.15, 0.2) is 0 Å². The van der Waals surface area contributed by atoms with Crippen LogP contribution in [0.4, 0.5) is 0 Å². The Labute approximate surface area is 162 Å². The predicted molar refractivity (Wildman–Crippen MR) is 105 cm³/mol. The highest BCUT2D eigenvalue weighted by molar-refractivity contribution is 7.89. The van der Waals surface area contributed by atoms with Crippen LogP contribution in [0.5, 0.6) is 0 Å². The summed E-state index contributed by atoms with van der Waals surface area (Å²) in [6.07, 6.45) is 3.22. The molecular formula is C20H30N2O4S. The number of ether oxygens (including phenoxy) is 1. The average Bonchev–Trinajstić information content (AvgIpc) is 2.73. The van der Waals surface area contributed by atoms with Crippen molar-refractivity contribution in [3.05, 3.63) is 35.9 Å². The monoisotopic (exact) mass is 394 g/mol. The first-order chi connectivity index (χ1) is 13.0. The minimum absolute atomic E-state index is 0.0344. The van der Waals surface area contributed by atoms with Gasteiger partial charge in [0, 0.05) is 38.3 Å². The zero-order valence-corrected chi connectivity index (χ0v) is 16.8. The topological polar surface area (TPSA) is 75.7 Å². The lowest BCUT2D eigenvalue weighted by Crippen LogP contribution is -2.49. The minimum Gasteiger partial charge on any atom is -0.381 e. The van der Waals surface area contributed by atoms with Crippen molar-refractivity contribution in [3.63, 3.8) is 0 Å². The van der Waals surface area contributed by atoms with Gasteiger partial charge in [-0.05, 0) is 38.2 Å². The fourth-order valence-corrected chi connectivity index (χ4v) is 5.29. The molecule has 2 aliphatic rings. The Morgan fingerprint density at radius 1 is 1.26 bits per heavy atom. The molecule has 0 aromatic heterocycles. The fourth-order valence-electron chi connectivity index (χ4n) is 4.11. The molecular weight excluding hydrogens is 364 g/mol. The largest absolute Gasteiger partial charge is 0.381 e. The summed E-state index contributed by atoms with van der Waals surface area (Å²) in [7, 11) is -3.24. The van der Waals surface area contributed by atoms with E-state index in [1.165, 1.54) is 9.87 Å². The van der Waals surface area contributed by atoms with Crippen LogP contribution in [0.3, 0.4) is 0 Å². The first-order valence-corrected chi connectivity index (χ1v) is 11.5. The number of carbonyl (C=O) groups excluding carboxylic acids is 1. The SMILES string of the molecule is CCS(=O)(=O)N1CCCC(C(=O)NCC2(c3ccccc3)CCOCC2)C1. The van der Waals surface area contributed by atoms with Crippen LogP contribution < -0.4 is 5.32 Å². The molecule has 2 saturated heterocycles. The van der Waals surface area contributed by atoms with E-state index in [0.717, 1.165) is 25.7 Å². The highest BCUT2D eigenvalue weighted by atomic mass is 32.2. The second-order valence-electron chi connectivity index (χ2n) is 7.57. The van der Waals surface area contributed by atoms with Gasteiger partial charge in [-0.25, -0.2) is 12.7 Å². The minimum atomic E-state index is -3.24. The summed E-state index contributed by atoms with van der Waals surface area (Å²) < 4.78 is 31.3. The number of nitrogens with zero attached hydrogens (tertiary/aromatic N) is 1. The van der Waals surface area contributed by atoms with Gasteiger partial charge < -0.3 is 10.1 Å². The van der Waals surface area contributed by atoms with E-state index < -0.39 is 10.0 Å². The van der Waals surface area contributed by atoms with Crippen molar-refractivity contribution in [3.8, 4) is 0 Å². The second-order valence-corrected chi connectivity index (χ2v) is 9.83. The summed E-state index contributed by atoms with van der Waals surface area (Å²) in [5.74, 6) is -0.223. The van der Waals surface area contributed by atoms with Crippen molar-refractivity contribution in [2.45, 2.75) is 38.0 Å². The van der Waals surface area contributed by atoms with Crippen molar-refractivity contribution in [1.82, 2.24) is 9.62 Å². The molecule has 1 aromatic rings. The van der Waals surface area contributed by atoms with Crippen LogP contribution in [-0.2, 0) is 25.0 Å². The number of piperidine rings is 1. The molecule has 0 spiro atoms. The molecule has 0 bridgehead atoms. The van der Waals surface area contributed by atoms with Gasteiger partial charge in [0.2, 0.25) is 15.9 Å². The number of nitrogens with one attached hydrogen (secondary N) is 1. The highest BCUT2D eigenvalue weighted by Crippen LogP contribution is 2.34. The molecule has 27 heavy (non-hydrogen) atoms. The van der Waals surface area contributed by atoms with E-state index in [0.29, 0.717) is 32.8 Å². The molecule has 150 valence electrons. The third-order valence-corrected chi connectivity index (χ3v) is 7.80. The molecule has 1 atom stereocenters. The number of benzene rings is 1. The van der Waals surface area contributed by atoms with Gasteiger partial charge in [-0.3, -0.25) is 4.79 Å². The molecule has 0 aliphatic carbocycles. The van der Waals surface area contributed by atoms with E-state index in [1.807, 2.05) is 18.2 Å². The zero-order valence-electron chi connectivity index (χ0n) is 16.0. The zero-order chi connectivity index (χ0) is 19.3. The number of hydrogen-bond donors (Lipinski definition) is 1. The molecule has 0 radical (unpaired) electrons. The van der Waals surface area contributed by atoms with Gasteiger partial charge in [-0.15, -0.1) is 0 Å². The molecule has 7 heteroatoms. The third-order valence-electron chi connectivity index (χ3n) is 5.95. The molecule has 2 aliphatic heterocycles. The maximum atomic E-state index is 12.8. The lowest BCUT2D eigenvalue weighted by atomic mass is 9.74. The summed E-state index contributed by atoms with van der Waals surface area (Å²) in [6, 6.07) is 10.3. The van der Waals surface area contributed by atoms with Crippen LogP contribution in [0.15, 0.2) is 30.3 Å². The van der Waals surface area contributed by atoms with E-state index in [4.69, 9.17) is 4.74 Å². The Hall–Kier alpha value is -1.44. The average molecular weight is 395 g/mol. The number of rotatable bonds is 6. The summed E-state index contributed by atoms with van der Waals surface area (Å²) >= 11 is 0. The molecule has 1 aromatic carbocycles. The maximum Gasteiger partial charge on any atom is 0.224 e. The number of sulfonamides is 1. The number of carbonyl (C=O) groups is 1. The van der Waals surface area contributed by atoms with Gasteiger partial charge >= 0.3 is 0 Å². The van der Waals surface area contributed by atoms with Crippen molar-refractivity contribution >= 4 is 15.9 Å². The van der Waals surface area contributed by atoms with Gasteiger partial charge in [-0.1, -0.05) is 30.3 Å². The summed E-state index contributed by atoms with van der Waals surface area (Å²) in [6.45, 7) is 4.41. The van der Waals surface area contributed by atoms with Gasteiger partial charge in [0.1, 0.15) is 0 Å². The Morgan fingerprint density at radius 2 is 1.96 bits per heavy atom. The Balaban J connectivity index is 1.66. The molecule has 1 unspecified atom stereocenters. The summed E-state index contributed by atoms with van der Waals surface area (Å²) in [4.78, 5) is 12.8. The van der Waals surface area contributed by atoms with Crippen LogP contribution in [0.1, 0.15) is 38.2 Å². The predicted octanol–water partition coefficient (Wildman–Crippen LogP) is 1.91. The van der Waals surface area contributed by atoms with Gasteiger partial charge in [0.25, 0.3) is 0 Å². The third kappa shape index (κ3) is 4.70. The van der Waals surface area contributed by atoms with E-state index in [9.17, 15) is 13.2 Å². The van der Waals surface area contributed by atoms with Crippen LogP contribution in [-0.4, -0.2) is 57.2 Å². The van der Waals surface area contributed by atoms with E-state index in [2.05, 4.69) is 17.4 Å². The van der Waals surface area contributed by atoms with Crippen molar-refractivity contribution < 1.29 is 17.9 Å². The first kappa shape index (κ1) is 20.3. The maximum absolute atomic E-state index is 12.8. The van der Waals surface area contributed by atoms with Crippen molar-refractivity contribution in [2.24, 2.45) is 5.92 Å². The van der Waals surface area contributed by atoms with Crippen molar-refractivity contribution in [1.29, 1.82) is 0 Å². The Bertz CT molecular complexity index is 730. The van der Waals surface area contributed by atoms with Crippen LogP contribution in [0, 0.1) is 5.92 Å². The van der Waals surface area contributed by atoms with Crippen molar-refractivity contribution in [2.75, 3.05) is 38.6 Å². The normalized spacial score (nSPS) is 23.7. The van der Waals surface area contributed by atoms with Crippen LogP contribution in [0.2, 0.25) is 0 Å². The summed E-state index contributed by atoms with van der Waals surface area (Å²) in [5, 5.41) is 3.14. The smallest absolute Gasteiger partial charge is 0.224 e. The lowest BCUT2D eigenvalue weighted by Gasteiger charge is -2.38. The van der Waals surface area contributed by atoms with Gasteiger partial charge in [-0.2, -0.15) is 0 Å².